The number of hydrogen-bond donors (Lipinski definition) is 1. The van der Waals surface area contributed by atoms with Crippen LogP contribution in [-0.2, 0) is 14.2 Å². The summed E-state index contributed by atoms with van der Waals surface area (Å²) in [6.07, 6.45) is -0.242. The van der Waals surface area contributed by atoms with Crippen LogP contribution in [0, 0.1) is 5.92 Å². The summed E-state index contributed by atoms with van der Waals surface area (Å²) < 4.78 is 33.3. The third-order valence-electron chi connectivity index (χ3n) is 4.94. The number of aliphatic hydroxyl groups excluding tert-OH is 1. The lowest BCUT2D eigenvalue weighted by Gasteiger charge is -2.41. The molecule has 0 bridgehead atoms. The normalized spacial score (nSPS) is 54.0. The minimum Gasteiger partial charge on any atom is -0.390 e. The quantitative estimate of drug-likeness (QED) is 0.634. The number of hydrogen-bond acceptors (Lipinski definition) is 4. The van der Waals surface area contributed by atoms with Crippen LogP contribution in [0.2, 0.25) is 0 Å². The molecule has 1 spiro atoms. The molecule has 1 N–H and O–H groups in total. The fourth-order valence-corrected chi connectivity index (χ4v) is 3.64. The molecule has 4 heteroatoms. The Kier molecular flexibility index (Phi) is 2.92. The second kappa shape index (κ2) is 4.80. The van der Waals surface area contributed by atoms with E-state index in [1.165, 1.54) is 12.7 Å². The zero-order valence-corrected chi connectivity index (χ0v) is 12.7. The van der Waals surface area contributed by atoms with Crippen LogP contribution in [0.25, 0.3) is 0 Å². The lowest BCUT2D eigenvalue weighted by Crippen LogP contribution is -2.54. The second-order valence-corrected chi connectivity index (χ2v) is 6.66. The van der Waals surface area contributed by atoms with Gasteiger partial charge >= 0.3 is 0 Å². The molecule has 0 amide bonds. The highest BCUT2D eigenvalue weighted by atomic mass is 16.6. The van der Waals surface area contributed by atoms with E-state index in [1.54, 1.807) is 0 Å². The summed E-state index contributed by atoms with van der Waals surface area (Å²) in [6.45, 7) is 6.66. The minimum atomic E-state index is -1.70. The van der Waals surface area contributed by atoms with Gasteiger partial charge in [0, 0.05) is 9.85 Å². The van der Waals surface area contributed by atoms with Gasteiger partial charge in [-0.3, -0.25) is 0 Å². The summed E-state index contributed by atoms with van der Waals surface area (Å²) in [5.74, 6) is -0.153. The van der Waals surface area contributed by atoms with Crippen molar-refractivity contribution in [2.45, 2.75) is 69.5 Å². The van der Waals surface area contributed by atoms with Crippen LogP contribution >= 0.6 is 0 Å². The average molecular weight is 284 g/mol. The summed E-state index contributed by atoms with van der Waals surface area (Å²) in [7, 11) is 1.52. The van der Waals surface area contributed by atoms with Crippen LogP contribution in [0.15, 0.2) is 11.6 Å². The smallest absolute Gasteiger partial charge is 0.101 e. The van der Waals surface area contributed by atoms with E-state index in [4.69, 9.17) is 17.0 Å². The van der Waals surface area contributed by atoms with Crippen molar-refractivity contribution in [2.24, 2.45) is 5.92 Å². The Balaban J connectivity index is 1.84. The summed E-state index contributed by atoms with van der Waals surface area (Å²) in [4.78, 5) is 0. The van der Waals surface area contributed by atoms with Gasteiger partial charge in [0.15, 0.2) is 0 Å². The van der Waals surface area contributed by atoms with Crippen molar-refractivity contribution >= 4 is 0 Å². The van der Waals surface area contributed by atoms with Crippen molar-refractivity contribution < 1.29 is 22.1 Å². The third-order valence-corrected chi connectivity index (χ3v) is 4.94. The molecule has 2 saturated heterocycles. The highest BCUT2D eigenvalue weighted by Crippen LogP contribution is 2.59. The molecule has 0 aromatic carbocycles. The van der Waals surface area contributed by atoms with Crippen molar-refractivity contribution in [3.63, 3.8) is 0 Å². The van der Waals surface area contributed by atoms with Gasteiger partial charge in [0.05, 0.1) is 36.4 Å². The molecule has 0 aromatic rings. The lowest BCUT2D eigenvalue weighted by molar-refractivity contribution is -0.116. The Bertz CT molecular complexity index is 485. The van der Waals surface area contributed by atoms with Crippen LogP contribution in [0.3, 0.4) is 0 Å². The molecule has 0 radical (unpaired) electrons. The van der Waals surface area contributed by atoms with Crippen LogP contribution in [0.4, 0.5) is 0 Å². The Morgan fingerprint density at radius 3 is 2.80 bits per heavy atom. The molecule has 3 fully saturated rings. The van der Waals surface area contributed by atoms with Gasteiger partial charge in [-0.2, -0.15) is 0 Å². The Morgan fingerprint density at radius 2 is 2.25 bits per heavy atom. The van der Waals surface area contributed by atoms with Gasteiger partial charge in [-0.1, -0.05) is 11.6 Å². The maximum absolute atomic E-state index is 10.4. The van der Waals surface area contributed by atoms with E-state index in [1.807, 2.05) is 6.92 Å². The summed E-state index contributed by atoms with van der Waals surface area (Å²) in [6, 6.07) is 0. The first-order valence-corrected chi connectivity index (χ1v) is 7.32. The third kappa shape index (κ3) is 2.23. The Labute approximate surface area is 123 Å². The minimum absolute atomic E-state index is 0.0716. The number of allylic oxidation sites excluding steroid dienone is 1. The van der Waals surface area contributed by atoms with Crippen LogP contribution < -0.4 is 0 Å². The molecular formula is C16H26O4. The molecule has 6 atom stereocenters. The molecular weight excluding hydrogens is 256 g/mol. The fraction of sp³-hybridized carbons (Fsp3) is 0.875. The number of methoxy groups -OCH3 is 1. The molecule has 3 rings (SSSR count). The number of rotatable bonds is 4. The first-order valence-electron chi connectivity index (χ1n) is 8.32. The van der Waals surface area contributed by atoms with Gasteiger partial charge in [0.25, 0.3) is 0 Å². The standard InChI is InChI=1S/C16H26O4/c1-10(2)5-6-12-15(3,20-12)14-13(18-4)11(17)7-8-16(14)9-19-16/h5,11-14,17H,6-9H2,1-4H3/t11-,12-,13-,14-,15+,16+/m1/s1/i7D2. The van der Waals surface area contributed by atoms with E-state index in [9.17, 15) is 5.11 Å². The van der Waals surface area contributed by atoms with Crippen molar-refractivity contribution in [1.82, 2.24) is 0 Å². The SMILES string of the molecule is [2H]C1([2H])C[C@]2(CO2)[C@@H]([C@@]2(C)O[C@@H]2CC=C(C)C)[C@H](OC)[C@@H]1O. The van der Waals surface area contributed by atoms with E-state index < -0.39 is 29.8 Å². The number of aliphatic hydroxyl groups is 1. The predicted octanol–water partition coefficient (Wildman–Crippen LogP) is 2.06. The van der Waals surface area contributed by atoms with Crippen LogP contribution in [0.5, 0.6) is 0 Å². The van der Waals surface area contributed by atoms with Crippen molar-refractivity contribution in [3.8, 4) is 0 Å². The fourth-order valence-electron chi connectivity index (χ4n) is 3.64. The van der Waals surface area contributed by atoms with E-state index in [0.717, 1.165) is 6.42 Å². The van der Waals surface area contributed by atoms with Gasteiger partial charge in [-0.15, -0.1) is 0 Å². The topological polar surface area (TPSA) is 54.5 Å². The first-order chi connectivity index (χ1) is 10.2. The zero-order valence-electron chi connectivity index (χ0n) is 14.7. The van der Waals surface area contributed by atoms with E-state index in [-0.39, 0.29) is 18.4 Å². The van der Waals surface area contributed by atoms with E-state index in [2.05, 4.69) is 19.9 Å². The van der Waals surface area contributed by atoms with Crippen LogP contribution in [-0.4, -0.2) is 48.3 Å². The van der Waals surface area contributed by atoms with Crippen molar-refractivity contribution in [2.75, 3.05) is 13.7 Å². The zero-order chi connectivity index (χ0) is 16.3. The Morgan fingerprint density at radius 1 is 1.55 bits per heavy atom. The average Bonchev–Trinajstić information content (AvgIpc) is 3.30. The van der Waals surface area contributed by atoms with Gasteiger partial charge in [-0.05, 0) is 40.0 Å². The number of epoxide rings is 2. The second-order valence-electron chi connectivity index (χ2n) is 6.66. The highest BCUT2D eigenvalue weighted by Gasteiger charge is 2.71. The maximum atomic E-state index is 10.4. The summed E-state index contributed by atoms with van der Waals surface area (Å²) in [5.41, 5.74) is 0.261. The molecule has 0 aromatic heterocycles. The molecule has 4 nitrogen and oxygen atoms in total. The van der Waals surface area contributed by atoms with Crippen LogP contribution in [0.1, 0.15) is 42.7 Å². The lowest BCUT2D eigenvalue weighted by atomic mass is 9.68. The molecule has 1 aliphatic carbocycles. The molecule has 1 saturated carbocycles. The monoisotopic (exact) mass is 284 g/mol. The van der Waals surface area contributed by atoms with Gasteiger partial charge in [0.2, 0.25) is 0 Å². The van der Waals surface area contributed by atoms with E-state index >= 15 is 0 Å². The maximum Gasteiger partial charge on any atom is 0.101 e. The van der Waals surface area contributed by atoms with Gasteiger partial charge in [-0.25, -0.2) is 0 Å². The molecule has 20 heavy (non-hydrogen) atoms. The number of ether oxygens (including phenoxy) is 3. The van der Waals surface area contributed by atoms with Gasteiger partial charge in [0.1, 0.15) is 5.60 Å². The van der Waals surface area contributed by atoms with Crippen molar-refractivity contribution in [3.05, 3.63) is 11.6 Å². The largest absolute Gasteiger partial charge is 0.390 e. The predicted molar refractivity (Wildman–Crippen MR) is 75.5 cm³/mol. The summed E-state index contributed by atoms with van der Waals surface area (Å²) >= 11 is 0. The molecule has 3 aliphatic rings. The first kappa shape index (κ1) is 12.2. The molecule has 2 heterocycles. The van der Waals surface area contributed by atoms with Crippen molar-refractivity contribution in [1.29, 1.82) is 0 Å². The van der Waals surface area contributed by atoms with Gasteiger partial charge < -0.3 is 19.3 Å². The highest BCUT2D eigenvalue weighted by molar-refractivity contribution is 5.20. The van der Waals surface area contributed by atoms with E-state index in [0.29, 0.717) is 6.61 Å². The molecule has 0 unspecified atom stereocenters. The molecule has 114 valence electrons. The summed E-state index contributed by atoms with van der Waals surface area (Å²) in [5, 5.41) is 10.4. The molecule has 2 aliphatic heterocycles. The Hall–Kier alpha value is -0.420.